The lowest BCUT2D eigenvalue weighted by molar-refractivity contribution is 0.172. The van der Waals surface area contributed by atoms with E-state index in [2.05, 4.69) is 212 Å². The van der Waals surface area contributed by atoms with E-state index in [1.807, 2.05) is 0 Å². The second-order valence-corrected chi connectivity index (χ2v) is 13.9. The van der Waals surface area contributed by atoms with Gasteiger partial charge in [0, 0.05) is 21.9 Å². The molecule has 45 heavy (non-hydrogen) atoms. The molecule has 0 heterocycles. The van der Waals surface area contributed by atoms with Crippen molar-refractivity contribution >= 4 is 9.24 Å². The Kier molecular flexibility index (Phi) is 8.89. The van der Waals surface area contributed by atoms with Gasteiger partial charge in [-0.15, -0.1) is 9.24 Å². The van der Waals surface area contributed by atoms with Crippen molar-refractivity contribution in [1.82, 2.24) is 0 Å². The lowest BCUT2D eigenvalue weighted by Crippen LogP contribution is -2.65. The third-order valence-corrected chi connectivity index (χ3v) is 10.8. The van der Waals surface area contributed by atoms with Crippen LogP contribution in [0.1, 0.15) is 60.1 Å². The molecule has 0 N–H and O–H groups in total. The largest absolute Gasteiger partial charge is 0.129 e. The minimum atomic E-state index is -0.583. The van der Waals surface area contributed by atoms with Crippen molar-refractivity contribution in [3.63, 3.8) is 0 Å². The Morgan fingerprint density at radius 3 is 0.956 bits per heavy atom. The zero-order valence-corrected chi connectivity index (χ0v) is 27.7. The normalized spacial score (nSPS) is 13.5. The van der Waals surface area contributed by atoms with Crippen LogP contribution in [0, 0.1) is 5.92 Å². The highest BCUT2D eigenvalue weighted by Gasteiger charge is 2.65. The summed E-state index contributed by atoms with van der Waals surface area (Å²) in [6.07, 6.45) is 0. The minimum absolute atomic E-state index is 0.0378. The fourth-order valence-electron chi connectivity index (χ4n) is 8.54. The molecule has 2 unspecified atom stereocenters. The second kappa shape index (κ2) is 13.0. The summed E-state index contributed by atoms with van der Waals surface area (Å²) >= 11 is 0. The van der Waals surface area contributed by atoms with Crippen molar-refractivity contribution in [3.8, 4) is 0 Å². The van der Waals surface area contributed by atoms with Crippen LogP contribution < -0.4 is 0 Å². The van der Waals surface area contributed by atoms with Gasteiger partial charge in [-0.3, -0.25) is 0 Å². The molecular weight excluding hydrogens is 559 g/mol. The zero-order valence-electron chi connectivity index (χ0n) is 26.6. The molecule has 0 bridgehead atoms. The molecule has 1 heteroatoms. The summed E-state index contributed by atoms with van der Waals surface area (Å²) in [5.41, 5.74) is 6.75. The fraction of sp³-hybridized carbons (Fsp3) is 0.182. The Morgan fingerprint density at radius 2 is 0.667 bits per heavy atom. The molecule has 0 amide bonds. The quantitative estimate of drug-likeness (QED) is 0.137. The van der Waals surface area contributed by atoms with Crippen LogP contribution in [0.3, 0.4) is 0 Å². The fourth-order valence-corrected chi connectivity index (χ4v) is 9.48. The molecule has 0 aliphatic carbocycles. The van der Waals surface area contributed by atoms with Crippen LogP contribution in [0.5, 0.6) is 0 Å². The molecule has 0 aliphatic rings. The first-order valence-electron chi connectivity index (χ1n) is 16.1. The van der Waals surface area contributed by atoms with E-state index in [0.29, 0.717) is 0 Å². The second-order valence-electron chi connectivity index (χ2n) is 12.7. The van der Waals surface area contributed by atoms with Crippen LogP contribution in [-0.4, -0.2) is 5.16 Å². The van der Waals surface area contributed by atoms with Crippen molar-refractivity contribution in [2.75, 3.05) is 0 Å². The first-order chi connectivity index (χ1) is 22.0. The molecule has 6 aromatic carbocycles. The van der Waals surface area contributed by atoms with E-state index in [9.17, 15) is 0 Å². The van der Waals surface area contributed by atoms with Crippen molar-refractivity contribution in [3.05, 3.63) is 215 Å². The van der Waals surface area contributed by atoms with E-state index < -0.39 is 16.0 Å². The predicted octanol–water partition coefficient (Wildman–Crippen LogP) is 11.1. The number of hydrogen-bond acceptors (Lipinski definition) is 0. The summed E-state index contributed by atoms with van der Waals surface area (Å²) in [4.78, 5) is 0. The molecule has 0 fully saturated rings. The van der Waals surface area contributed by atoms with Gasteiger partial charge in [0.15, 0.2) is 0 Å². The van der Waals surface area contributed by atoms with Gasteiger partial charge in [0.05, 0.1) is 0 Å². The lowest BCUT2D eigenvalue weighted by Gasteiger charge is -2.63. The van der Waals surface area contributed by atoms with Gasteiger partial charge < -0.3 is 0 Å². The summed E-state index contributed by atoms with van der Waals surface area (Å²) in [7, 11) is 3.50. The maximum absolute atomic E-state index is 3.50. The molecule has 6 aromatic rings. The van der Waals surface area contributed by atoms with Crippen LogP contribution in [0.15, 0.2) is 182 Å². The monoisotopic (exact) mass is 602 g/mol. The Bertz CT molecular complexity index is 1640. The zero-order chi connectivity index (χ0) is 31.3. The third kappa shape index (κ3) is 5.07. The standard InChI is InChI=1S/C44H43P/c1-34(2)43(37-26-14-6-15-27-37,38-28-16-7-17-29-38)44(39-30-18-8-19-31-39,40-32-20-9-21-33-40)42(3,45)41(35-22-10-4-11-23-35)36-24-12-5-13-25-36/h4-34,41H,45H2,1-3H3. The molecule has 6 rings (SSSR count). The van der Waals surface area contributed by atoms with Crippen LogP contribution in [0.25, 0.3) is 0 Å². The smallest absolute Gasteiger partial charge is 0.0439 e. The SMILES string of the molecule is CC(C)C(c1ccccc1)(c1ccccc1)C(c1ccccc1)(c1ccccc1)C(C)(P)C(c1ccccc1)c1ccccc1. The van der Waals surface area contributed by atoms with E-state index in [1.165, 1.54) is 33.4 Å². The molecular formula is C44H43P. The Labute approximate surface area is 272 Å². The van der Waals surface area contributed by atoms with E-state index in [0.717, 1.165) is 0 Å². The van der Waals surface area contributed by atoms with E-state index in [-0.39, 0.29) is 11.8 Å². The highest BCUT2D eigenvalue weighted by molar-refractivity contribution is 7.19. The molecule has 0 saturated carbocycles. The van der Waals surface area contributed by atoms with Gasteiger partial charge in [0.25, 0.3) is 0 Å². The molecule has 0 saturated heterocycles. The lowest BCUT2D eigenvalue weighted by atomic mass is 9.42. The molecule has 2 atom stereocenters. The molecule has 0 aliphatic heterocycles. The molecule has 0 radical (unpaired) electrons. The van der Waals surface area contributed by atoms with Gasteiger partial charge in [-0.1, -0.05) is 203 Å². The summed E-state index contributed by atoms with van der Waals surface area (Å²) < 4.78 is 0. The summed E-state index contributed by atoms with van der Waals surface area (Å²) in [5, 5.41) is -0.464. The summed E-state index contributed by atoms with van der Waals surface area (Å²) in [6, 6.07) is 67.4. The minimum Gasteiger partial charge on any atom is -0.129 e. The summed E-state index contributed by atoms with van der Waals surface area (Å²) in [6.45, 7) is 7.33. The Hall–Kier alpha value is -4.25. The number of benzene rings is 6. The first-order valence-corrected chi connectivity index (χ1v) is 16.6. The van der Waals surface area contributed by atoms with Gasteiger partial charge in [-0.05, 0) is 39.3 Å². The van der Waals surface area contributed by atoms with Gasteiger partial charge in [0.1, 0.15) is 0 Å². The van der Waals surface area contributed by atoms with Crippen molar-refractivity contribution in [2.45, 2.75) is 42.7 Å². The van der Waals surface area contributed by atoms with Crippen LogP contribution in [-0.2, 0) is 10.8 Å². The predicted molar refractivity (Wildman–Crippen MR) is 195 cm³/mol. The maximum atomic E-state index is 3.50. The van der Waals surface area contributed by atoms with Crippen LogP contribution in [0.2, 0.25) is 0 Å². The van der Waals surface area contributed by atoms with Crippen molar-refractivity contribution in [1.29, 1.82) is 0 Å². The average molecular weight is 603 g/mol. The van der Waals surface area contributed by atoms with Crippen LogP contribution >= 0.6 is 9.24 Å². The van der Waals surface area contributed by atoms with Gasteiger partial charge in [0.2, 0.25) is 0 Å². The molecule has 0 nitrogen and oxygen atoms in total. The Balaban J connectivity index is 1.89. The maximum Gasteiger partial charge on any atom is 0.0439 e. The van der Waals surface area contributed by atoms with Gasteiger partial charge in [-0.2, -0.15) is 0 Å². The van der Waals surface area contributed by atoms with E-state index in [4.69, 9.17) is 0 Å². The van der Waals surface area contributed by atoms with Crippen LogP contribution in [0.4, 0.5) is 0 Å². The van der Waals surface area contributed by atoms with Gasteiger partial charge in [-0.25, -0.2) is 0 Å². The highest BCUT2D eigenvalue weighted by atomic mass is 31.0. The number of rotatable bonds is 10. The molecule has 0 aromatic heterocycles. The van der Waals surface area contributed by atoms with E-state index in [1.54, 1.807) is 0 Å². The number of hydrogen-bond donors (Lipinski definition) is 0. The highest BCUT2D eigenvalue weighted by Crippen LogP contribution is 2.67. The molecule has 224 valence electrons. The average Bonchev–Trinajstić information content (AvgIpc) is 3.09. The van der Waals surface area contributed by atoms with Crippen molar-refractivity contribution in [2.24, 2.45) is 5.92 Å². The van der Waals surface area contributed by atoms with Crippen molar-refractivity contribution < 1.29 is 0 Å². The van der Waals surface area contributed by atoms with E-state index >= 15 is 0 Å². The topological polar surface area (TPSA) is 0 Å². The third-order valence-electron chi connectivity index (χ3n) is 10.0. The molecule has 0 spiro atoms. The first kappa shape index (κ1) is 30.8. The Morgan fingerprint density at radius 1 is 0.400 bits per heavy atom. The summed E-state index contributed by atoms with van der Waals surface area (Å²) in [5.74, 6) is 0.241. The van der Waals surface area contributed by atoms with Gasteiger partial charge >= 0.3 is 0 Å².